The molecule has 0 aliphatic carbocycles. The number of carbonyl (C=O) groups is 2. The first-order chi connectivity index (χ1) is 10.6. The zero-order valence-corrected chi connectivity index (χ0v) is 12.4. The molecule has 1 atom stereocenters. The van der Waals surface area contributed by atoms with Gasteiger partial charge in [-0.2, -0.15) is 0 Å². The molecule has 8 heteroatoms. The van der Waals surface area contributed by atoms with Crippen molar-refractivity contribution in [2.24, 2.45) is 5.92 Å². The molecular weight excluding hydrogens is 286 g/mol. The minimum atomic E-state index is -0.366. The second-order valence-corrected chi connectivity index (χ2v) is 5.53. The Morgan fingerprint density at radius 2 is 2.41 bits per heavy atom. The van der Waals surface area contributed by atoms with Gasteiger partial charge in [-0.3, -0.25) is 9.59 Å². The van der Waals surface area contributed by atoms with E-state index in [9.17, 15) is 9.59 Å². The van der Waals surface area contributed by atoms with E-state index < -0.39 is 0 Å². The maximum absolute atomic E-state index is 11.9. The summed E-state index contributed by atoms with van der Waals surface area (Å²) in [5, 5.41) is 13.8. The van der Waals surface area contributed by atoms with Crippen molar-refractivity contribution in [3.05, 3.63) is 35.5 Å². The molecule has 0 spiro atoms. The van der Waals surface area contributed by atoms with Gasteiger partial charge < -0.3 is 15.1 Å². The maximum atomic E-state index is 11.9. The second kappa shape index (κ2) is 5.63. The summed E-state index contributed by atoms with van der Waals surface area (Å²) in [6.45, 7) is 4.54. The highest BCUT2D eigenvalue weighted by Gasteiger charge is 2.32. The topological polar surface area (TPSA) is 102 Å². The molecule has 3 heterocycles. The molecule has 0 bridgehead atoms. The highest BCUT2D eigenvalue weighted by Crippen LogP contribution is 2.24. The SMILES string of the molecule is CC(C)C1C(=O)NCc2c(CNC(=O)c3ccoc3)nnn21. The zero-order valence-electron chi connectivity index (χ0n) is 12.4. The van der Waals surface area contributed by atoms with Crippen molar-refractivity contribution in [1.82, 2.24) is 25.6 Å². The first-order valence-electron chi connectivity index (χ1n) is 7.09. The lowest BCUT2D eigenvalue weighted by atomic mass is 10.0. The number of amides is 2. The third-order valence-electron chi connectivity index (χ3n) is 3.66. The van der Waals surface area contributed by atoms with Gasteiger partial charge in [0.2, 0.25) is 5.91 Å². The van der Waals surface area contributed by atoms with E-state index in [1.54, 1.807) is 10.7 Å². The van der Waals surface area contributed by atoms with Crippen molar-refractivity contribution in [3.63, 3.8) is 0 Å². The van der Waals surface area contributed by atoms with Crippen LogP contribution in [0.5, 0.6) is 0 Å². The maximum Gasteiger partial charge on any atom is 0.254 e. The van der Waals surface area contributed by atoms with Crippen molar-refractivity contribution in [1.29, 1.82) is 0 Å². The van der Waals surface area contributed by atoms with Crippen LogP contribution in [0.4, 0.5) is 0 Å². The van der Waals surface area contributed by atoms with Crippen LogP contribution in [0.2, 0.25) is 0 Å². The molecule has 1 aliphatic rings. The molecule has 0 saturated carbocycles. The fourth-order valence-corrected chi connectivity index (χ4v) is 2.52. The van der Waals surface area contributed by atoms with E-state index >= 15 is 0 Å². The molecule has 2 amide bonds. The monoisotopic (exact) mass is 303 g/mol. The number of furan rings is 1. The lowest BCUT2D eigenvalue weighted by molar-refractivity contribution is -0.127. The van der Waals surface area contributed by atoms with Gasteiger partial charge in [0.05, 0.1) is 30.6 Å². The van der Waals surface area contributed by atoms with Gasteiger partial charge in [0, 0.05) is 0 Å². The molecule has 0 fully saturated rings. The number of nitrogens with one attached hydrogen (secondary N) is 2. The molecule has 22 heavy (non-hydrogen) atoms. The van der Waals surface area contributed by atoms with E-state index in [1.165, 1.54) is 12.5 Å². The number of carbonyl (C=O) groups excluding carboxylic acids is 2. The largest absolute Gasteiger partial charge is 0.472 e. The van der Waals surface area contributed by atoms with Crippen LogP contribution in [0.15, 0.2) is 23.0 Å². The molecule has 8 nitrogen and oxygen atoms in total. The molecule has 0 saturated heterocycles. The van der Waals surface area contributed by atoms with Gasteiger partial charge in [0.1, 0.15) is 18.0 Å². The van der Waals surface area contributed by atoms with Gasteiger partial charge >= 0.3 is 0 Å². The Balaban J connectivity index is 1.76. The molecule has 2 aromatic rings. The average Bonchev–Trinajstić information content (AvgIpc) is 3.13. The predicted molar refractivity (Wildman–Crippen MR) is 75.6 cm³/mol. The molecule has 116 valence electrons. The number of nitrogens with zero attached hydrogens (tertiary/aromatic N) is 3. The third-order valence-corrected chi connectivity index (χ3v) is 3.66. The Kier molecular flexibility index (Phi) is 3.66. The third kappa shape index (κ3) is 2.47. The average molecular weight is 303 g/mol. The van der Waals surface area contributed by atoms with Gasteiger partial charge in [-0.05, 0) is 12.0 Å². The number of fused-ring (bicyclic) bond motifs is 1. The minimum absolute atomic E-state index is 0.0543. The zero-order chi connectivity index (χ0) is 15.7. The molecule has 0 aromatic carbocycles. The quantitative estimate of drug-likeness (QED) is 0.862. The summed E-state index contributed by atoms with van der Waals surface area (Å²) in [6, 6.07) is 1.22. The van der Waals surface area contributed by atoms with Gasteiger partial charge in [-0.15, -0.1) is 5.10 Å². The van der Waals surface area contributed by atoms with E-state index in [0.717, 1.165) is 5.69 Å². The number of aromatic nitrogens is 3. The van der Waals surface area contributed by atoms with Crippen molar-refractivity contribution in [2.45, 2.75) is 33.0 Å². The smallest absolute Gasteiger partial charge is 0.254 e. The first-order valence-corrected chi connectivity index (χ1v) is 7.09. The van der Waals surface area contributed by atoms with Crippen molar-refractivity contribution in [3.8, 4) is 0 Å². The Bertz CT molecular complexity index is 689. The second-order valence-electron chi connectivity index (χ2n) is 5.53. The van der Waals surface area contributed by atoms with Crippen LogP contribution >= 0.6 is 0 Å². The van der Waals surface area contributed by atoms with E-state index in [2.05, 4.69) is 20.9 Å². The van der Waals surface area contributed by atoms with Crippen molar-refractivity contribution in [2.75, 3.05) is 0 Å². The number of rotatable bonds is 4. The summed E-state index contributed by atoms with van der Waals surface area (Å²) in [7, 11) is 0. The number of hydrogen-bond donors (Lipinski definition) is 2. The van der Waals surface area contributed by atoms with Crippen molar-refractivity contribution < 1.29 is 14.0 Å². The fraction of sp³-hybridized carbons (Fsp3) is 0.429. The molecule has 3 rings (SSSR count). The Labute approximate surface area is 126 Å². The van der Waals surface area contributed by atoms with E-state index in [-0.39, 0.29) is 30.3 Å². The molecule has 2 aromatic heterocycles. The highest BCUT2D eigenvalue weighted by atomic mass is 16.3. The Morgan fingerprint density at radius 1 is 1.59 bits per heavy atom. The fourth-order valence-electron chi connectivity index (χ4n) is 2.52. The Morgan fingerprint density at radius 3 is 3.09 bits per heavy atom. The van der Waals surface area contributed by atoms with E-state index in [4.69, 9.17) is 4.42 Å². The van der Waals surface area contributed by atoms with Crippen LogP contribution in [-0.4, -0.2) is 26.8 Å². The summed E-state index contributed by atoms with van der Waals surface area (Å²) in [5.41, 5.74) is 1.93. The standard InChI is InChI=1S/C14H17N5O3/c1-8(2)12-14(21)16-6-11-10(17-18-19(11)12)5-15-13(20)9-3-4-22-7-9/h3-4,7-8,12H,5-6H2,1-2H3,(H,15,20)(H,16,21). The lowest BCUT2D eigenvalue weighted by Crippen LogP contribution is -2.42. The summed E-state index contributed by atoms with van der Waals surface area (Å²) in [6.07, 6.45) is 2.82. The number of hydrogen-bond acceptors (Lipinski definition) is 5. The summed E-state index contributed by atoms with van der Waals surface area (Å²) in [5.74, 6) is -0.189. The summed E-state index contributed by atoms with van der Waals surface area (Å²) < 4.78 is 6.53. The molecule has 2 N–H and O–H groups in total. The first kappa shape index (κ1) is 14.3. The van der Waals surface area contributed by atoms with Gasteiger partial charge in [-0.1, -0.05) is 19.1 Å². The predicted octanol–water partition coefficient (Wildman–Crippen LogP) is 0.628. The van der Waals surface area contributed by atoms with Gasteiger partial charge in [0.25, 0.3) is 5.91 Å². The van der Waals surface area contributed by atoms with Crippen molar-refractivity contribution >= 4 is 11.8 Å². The van der Waals surface area contributed by atoms with Gasteiger partial charge in [-0.25, -0.2) is 4.68 Å². The van der Waals surface area contributed by atoms with Crippen LogP contribution in [0, 0.1) is 5.92 Å². The summed E-state index contributed by atoms with van der Waals surface area (Å²) in [4.78, 5) is 23.8. The molecule has 1 unspecified atom stereocenters. The normalized spacial score (nSPS) is 17.2. The van der Waals surface area contributed by atoms with E-state index in [1.807, 2.05) is 13.8 Å². The van der Waals surface area contributed by atoms with Crippen LogP contribution in [0.25, 0.3) is 0 Å². The lowest BCUT2D eigenvalue weighted by Gasteiger charge is -2.26. The van der Waals surface area contributed by atoms with Crippen LogP contribution in [0.3, 0.4) is 0 Å². The van der Waals surface area contributed by atoms with Gasteiger partial charge in [0.15, 0.2) is 0 Å². The molecule has 1 aliphatic heterocycles. The van der Waals surface area contributed by atoms with Crippen LogP contribution in [-0.2, 0) is 17.9 Å². The molecule has 0 radical (unpaired) electrons. The Hall–Kier alpha value is -2.64. The minimum Gasteiger partial charge on any atom is -0.472 e. The van der Waals surface area contributed by atoms with Crippen LogP contribution in [0.1, 0.15) is 41.6 Å². The summed E-state index contributed by atoms with van der Waals surface area (Å²) >= 11 is 0. The van der Waals surface area contributed by atoms with Crippen LogP contribution < -0.4 is 10.6 Å². The van der Waals surface area contributed by atoms with E-state index in [0.29, 0.717) is 17.8 Å². The molecular formula is C14H17N5O3. The highest BCUT2D eigenvalue weighted by molar-refractivity contribution is 5.93.